The summed E-state index contributed by atoms with van der Waals surface area (Å²) in [6.45, 7) is 3.90. The molecular formula is C18H19ClN6O2. The molecule has 1 aromatic carbocycles. The summed E-state index contributed by atoms with van der Waals surface area (Å²) in [6, 6.07) is 9.66. The summed E-state index contributed by atoms with van der Waals surface area (Å²) in [5.74, 6) is 0.334. The predicted molar refractivity (Wildman–Crippen MR) is 107 cm³/mol. The Morgan fingerprint density at radius 2 is 2.00 bits per heavy atom. The van der Waals surface area contributed by atoms with Crippen molar-refractivity contribution in [2.24, 2.45) is 12.1 Å². The zero-order valence-corrected chi connectivity index (χ0v) is 15.9. The molecule has 0 amide bonds. The lowest BCUT2D eigenvalue weighted by Gasteiger charge is -2.06. The first-order valence-corrected chi connectivity index (χ1v) is 8.64. The predicted octanol–water partition coefficient (Wildman–Crippen LogP) is 2.40. The van der Waals surface area contributed by atoms with Crippen LogP contribution in [0.3, 0.4) is 0 Å². The zero-order valence-electron chi connectivity index (χ0n) is 15.2. The number of fused-ring (bicyclic) bond motifs is 1. The second kappa shape index (κ2) is 7.63. The minimum atomic E-state index is -0.531. The summed E-state index contributed by atoms with van der Waals surface area (Å²) in [5, 5.41) is 4.94. The highest BCUT2D eigenvalue weighted by Crippen LogP contribution is 2.16. The first-order valence-electron chi connectivity index (χ1n) is 8.26. The molecule has 0 aliphatic carbocycles. The smallest absolute Gasteiger partial charge is 0.299 e. The first-order chi connectivity index (χ1) is 12.9. The van der Waals surface area contributed by atoms with Crippen molar-refractivity contribution < 1.29 is 0 Å². The lowest BCUT2D eigenvalue weighted by Crippen LogP contribution is -2.29. The van der Waals surface area contributed by atoms with Crippen molar-refractivity contribution in [3.05, 3.63) is 67.8 Å². The van der Waals surface area contributed by atoms with Crippen LogP contribution >= 0.6 is 11.6 Å². The molecule has 0 spiro atoms. The van der Waals surface area contributed by atoms with Crippen molar-refractivity contribution in [1.82, 2.24) is 19.1 Å². The third kappa shape index (κ3) is 3.85. The van der Waals surface area contributed by atoms with Crippen LogP contribution in [0.2, 0.25) is 0 Å². The topological polar surface area (TPSA) is 97.1 Å². The molecule has 3 aromatic rings. The number of hydrazone groups is 1. The molecule has 27 heavy (non-hydrogen) atoms. The van der Waals surface area contributed by atoms with Crippen molar-refractivity contribution in [2.45, 2.75) is 20.4 Å². The maximum atomic E-state index is 12.3. The Kier molecular flexibility index (Phi) is 5.27. The van der Waals surface area contributed by atoms with Gasteiger partial charge in [0.25, 0.3) is 5.56 Å². The van der Waals surface area contributed by atoms with E-state index >= 15 is 0 Å². The van der Waals surface area contributed by atoms with Crippen LogP contribution in [-0.2, 0) is 13.6 Å². The molecule has 0 bridgehead atoms. The van der Waals surface area contributed by atoms with Crippen molar-refractivity contribution >= 4 is 34.4 Å². The minimum Gasteiger partial charge on any atom is -0.299 e. The number of H-pyrrole nitrogens is 1. The number of aryl methyl sites for hydroxylation is 1. The van der Waals surface area contributed by atoms with Gasteiger partial charge in [0.2, 0.25) is 5.95 Å². The van der Waals surface area contributed by atoms with E-state index < -0.39 is 11.2 Å². The Balaban J connectivity index is 2.11. The molecule has 0 saturated carbocycles. The highest BCUT2D eigenvalue weighted by molar-refractivity contribution is 6.29. The Morgan fingerprint density at radius 1 is 1.30 bits per heavy atom. The Labute approximate surface area is 159 Å². The molecule has 8 nitrogen and oxygen atoms in total. The fraction of sp³-hybridized carbons (Fsp3) is 0.222. The number of hydrogen-bond donors (Lipinski definition) is 2. The molecule has 0 unspecified atom stereocenters. The highest BCUT2D eigenvalue weighted by Gasteiger charge is 2.16. The van der Waals surface area contributed by atoms with Gasteiger partial charge >= 0.3 is 5.69 Å². The summed E-state index contributed by atoms with van der Waals surface area (Å²) < 4.78 is 2.91. The number of aromatic amines is 1. The van der Waals surface area contributed by atoms with Gasteiger partial charge in [-0.2, -0.15) is 10.1 Å². The van der Waals surface area contributed by atoms with Gasteiger partial charge in [-0.05, 0) is 19.4 Å². The second-order valence-corrected chi connectivity index (χ2v) is 6.60. The lowest BCUT2D eigenvalue weighted by atomic mass is 10.1. The van der Waals surface area contributed by atoms with Gasteiger partial charge < -0.3 is 0 Å². The standard InChI is InChI=1S/C18H19ClN6O2/c1-11(19)9-10-25-14-15(24(3)18(27)21-16(14)26)20-17(25)23-22-12(2)13-7-5-4-6-8-13/h4-9H,10H2,1-3H3,(H,20,23)(H,21,26,27)/b11-9-,22-12-. The zero-order chi connectivity index (χ0) is 19.6. The molecule has 2 N–H and O–H groups in total. The second-order valence-electron chi connectivity index (χ2n) is 6.00. The fourth-order valence-corrected chi connectivity index (χ4v) is 2.66. The highest BCUT2D eigenvalue weighted by atomic mass is 35.5. The molecule has 0 aliphatic rings. The van der Waals surface area contributed by atoms with E-state index in [0.717, 1.165) is 11.3 Å². The number of nitrogens with one attached hydrogen (secondary N) is 2. The van der Waals surface area contributed by atoms with E-state index in [1.807, 2.05) is 37.3 Å². The van der Waals surface area contributed by atoms with Gasteiger partial charge in [0.1, 0.15) is 0 Å². The van der Waals surface area contributed by atoms with E-state index in [2.05, 4.69) is 20.5 Å². The van der Waals surface area contributed by atoms with Gasteiger partial charge in [0.15, 0.2) is 11.2 Å². The number of imidazole rings is 1. The third-order valence-electron chi connectivity index (χ3n) is 4.08. The van der Waals surface area contributed by atoms with E-state index in [1.165, 1.54) is 4.57 Å². The Morgan fingerprint density at radius 3 is 2.67 bits per heavy atom. The molecular weight excluding hydrogens is 368 g/mol. The number of aromatic nitrogens is 4. The van der Waals surface area contributed by atoms with Crippen molar-refractivity contribution in [1.29, 1.82) is 0 Å². The van der Waals surface area contributed by atoms with Gasteiger partial charge in [0.05, 0.1) is 5.71 Å². The van der Waals surface area contributed by atoms with Gasteiger partial charge in [-0.3, -0.25) is 18.9 Å². The number of benzene rings is 1. The van der Waals surface area contributed by atoms with Crippen LogP contribution in [0.1, 0.15) is 19.4 Å². The van der Waals surface area contributed by atoms with E-state index in [9.17, 15) is 9.59 Å². The van der Waals surface area contributed by atoms with Crippen LogP contribution in [0.4, 0.5) is 5.95 Å². The monoisotopic (exact) mass is 386 g/mol. The summed E-state index contributed by atoms with van der Waals surface area (Å²) >= 11 is 5.94. The normalized spacial score (nSPS) is 12.6. The molecule has 140 valence electrons. The average Bonchev–Trinajstić information content (AvgIpc) is 3.02. The SMILES string of the molecule is C/C(Cl)=C/Cn1c(N/N=C(/C)c2ccccc2)nc2c1c(=O)[nH]c(=O)n2C. The molecule has 9 heteroatoms. The number of rotatable bonds is 5. The summed E-state index contributed by atoms with van der Waals surface area (Å²) in [7, 11) is 1.54. The van der Waals surface area contributed by atoms with E-state index in [1.54, 1.807) is 24.6 Å². The summed E-state index contributed by atoms with van der Waals surface area (Å²) in [4.78, 5) is 30.9. The van der Waals surface area contributed by atoms with E-state index in [4.69, 9.17) is 11.6 Å². The molecule has 0 fully saturated rings. The number of halogens is 1. The summed E-state index contributed by atoms with van der Waals surface area (Å²) in [6.07, 6.45) is 1.74. The molecule has 0 saturated heterocycles. The van der Waals surface area contributed by atoms with Crippen molar-refractivity contribution in [2.75, 3.05) is 5.43 Å². The third-order valence-corrected chi connectivity index (χ3v) is 4.23. The maximum absolute atomic E-state index is 12.3. The molecule has 2 aromatic heterocycles. The number of hydrogen-bond acceptors (Lipinski definition) is 5. The van der Waals surface area contributed by atoms with Crippen molar-refractivity contribution in [3.63, 3.8) is 0 Å². The van der Waals surface area contributed by atoms with E-state index in [0.29, 0.717) is 17.5 Å². The fourth-order valence-electron chi connectivity index (χ4n) is 2.59. The van der Waals surface area contributed by atoms with E-state index in [-0.39, 0.29) is 11.2 Å². The number of allylic oxidation sites excluding steroid dienone is 2. The first kappa shape index (κ1) is 18.7. The van der Waals surface area contributed by atoms with Crippen LogP contribution in [0, 0.1) is 0 Å². The molecule has 3 rings (SSSR count). The number of anilines is 1. The minimum absolute atomic E-state index is 0.263. The average molecular weight is 387 g/mol. The van der Waals surface area contributed by atoms with Crippen LogP contribution in [0.25, 0.3) is 11.2 Å². The van der Waals surface area contributed by atoms with Gasteiger partial charge in [-0.25, -0.2) is 10.2 Å². The summed E-state index contributed by atoms with van der Waals surface area (Å²) in [5.41, 5.74) is 4.08. The molecule has 0 aliphatic heterocycles. The largest absolute Gasteiger partial charge is 0.329 e. The quantitative estimate of drug-likeness (QED) is 0.519. The van der Waals surface area contributed by atoms with Gasteiger partial charge in [-0.1, -0.05) is 48.0 Å². The Bertz CT molecular complexity index is 1150. The lowest BCUT2D eigenvalue weighted by molar-refractivity contribution is 0.818. The van der Waals surface area contributed by atoms with Crippen LogP contribution in [0.5, 0.6) is 0 Å². The number of nitrogens with zero attached hydrogens (tertiary/aromatic N) is 4. The molecule has 0 radical (unpaired) electrons. The van der Waals surface area contributed by atoms with Gasteiger partial charge in [0, 0.05) is 18.6 Å². The maximum Gasteiger partial charge on any atom is 0.329 e. The molecule has 2 heterocycles. The molecule has 0 atom stereocenters. The van der Waals surface area contributed by atoms with Crippen LogP contribution in [0.15, 0.2) is 56.1 Å². The van der Waals surface area contributed by atoms with Crippen LogP contribution < -0.4 is 16.7 Å². The van der Waals surface area contributed by atoms with Crippen molar-refractivity contribution in [3.8, 4) is 0 Å². The van der Waals surface area contributed by atoms with Gasteiger partial charge in [-0.15, -0.1) is 0 Å². The van der Waals surface area contributed by atoms with Crippen LogP contribution in [-0.4, -0.2) is 24.8 Å². The Hall–Kier alpha value is -3.13.